The van der Waals surface area contributed by atoms with Gasteiger partial charge in [-0.05, 0) is 64.8 Å². The van der Waals surface area contributed by atoms with Gasteiger partial charge < -0.3 is 30.1 Å². The van der Waals surface area contributed by atoms with Crippen molar-refractivity contribution in [3.63, 3.8) is 0 Å². The summed E-state index contributed by atoms with van der Waals surface area (Å²) in [6.45, 7) is 12.0. The molecule has 0 atom stereocenters. The molecular formula is C34H34N4O4Zn-4. The van der Waals surface area contributed by atoms with Crippen molar-refractivity contribution in [2.75, 3.05) is 0 Å². The second kappa shape index (κ2) is 12.6. The Kier molecular flexibility index (Phi) is 9.36. The van der Waals surface area contributed by atoms with Crippen molar-refractivity contribution >= 4 is 48.4 Å². The molecule has 5 heterocycles. The third-order valence-corrected chi connectivity index (χ3v) is 8.23. The number of hydrogen-bond acceptors (Lipinski definition) is 2. The number of fused-ring (bicyclic) bond motifs is 8. The maximum Gasteiger partial charge on any atom is 0.303 e. The molecule has 4 aromatic rings. The predicted molar refractivity (Wildman–Crippen MR) is 162 cm³/mol. The Morgan fingerprint density at radius 1 is 0.581 bits per heavy atom. The molecule has 8 nitrogen and oxygen atoms in total. The third kappa shape index (κ3) is 6.05. The smallest absolute Gasteiger partial charge is 0.303 e. The molecule has 0 radical (unpaired) electrons. The quantitative estimate of drug-likeness (QED) is 0.252. The summed E-state index contributed by atoms with van der Waals surface area (Å²) in [7, 11) is 0. The Morgan fingerprint density at radius 2 is 1.02 bits per heavy atom. The predicted octanol–water partition coefficient (Wildman–Crippen LogP) is 0.0104. The van der Waals surface area contributed by atoms with Crippen molar-refractivity contribution in [3.8, 4) is 0 Å². The van der Waals surface area contributed by atoms with Gasteiger partial charge in [-0.3, -0.25) is 9.59 Å². The van der Waals surface area contributed by atoms with E-state index in [0.29, 0.717) is 23.9 Å². The zero-order valence-electron chi connectivity index (χ0n) is 25.5. The molecule has 9 heteroatoms. The number of aliphatic carboxylic acids is 2. The van der Waals surface area contributed by atoms with Gasteiger partial charge in [0.05, 0.1) is 0 Å². The van der Waals surface area contributed by atoms with E-state index >= 15 is 0 Å². The van der Waals surface area contributed by atoms with E-state index in [1.165, 1.54) is 0 Å². The van der Waals surface area contributed by atoms with Crippen molar-refractivity contribution in [2.45, 2.75) is 67.2 Å². The SMILES string of the molecule is CC=c1c(C)c2[n-]c1=Cc1[n-]c(c(CCC(=O)O)c1C)C=c1[n-]c(c(C)c1CCC(=O)O)=Cc1[n-]c(/c(=C/C)c1C)=C2.[Zn]. The van der Waals surface area contributed by atoms with Crippen LogP contribution in [0.4, 0.5) is 0 Å². The van der Waals surface area contributed by atoms with Crippen molar-refractivity contribution in [3.05, 3.63) is 88.0 Å². The number of aromatic nitrogens is 4. The number of carbonyl (C=O) groups is 2. The van der Waals surface area contributed by atoms with E-state index < -0.39 is 11.9 Å². The molecule has 8 bridgehead atoms. The third-order valence-electron chi connectivity index (χ3n) is 8.23. The van der Waals surface area contributed by atoms with E-state index in [1.807, 2.05) is 65.0 Å². The van der Waals surface area contributed by atoms with Gasteiger partial charge in [-0.2, -0.15) is 0 Å². The van der Waals surface area contributed by atoms with E-state index in [9.17, 15) is 19.8 Å². The summed E-state index contributed by atoms with van der Waals surface area (Å²) in [4.78, 5) is 42.9. The Hall–Kier alpha value is -4.10. The molecule has 5 rings (SSSR count). The van der Waals surface area contributed by atoms with Gasteiger partial charge in [0.1, 0.15) is 0 Å². The molecule has 1 aliphatic heterocycles. The zero-order chi connectivity index (χ0) is 30.3. The molecule has 0 spiro atoms. The van der Waals surface area contributed by atoms with Crippen LogP contribution in [0, 0.1) is 27.7 Å². The maximum atomic E-state index is 11.5. The summed E-state index contributed by atoms with van der Waals surface area (Å²) < 4.78 is 0. The fraction of sp³-hybridized carbons (Fsp3) is 0.294. The minimum atomic E-state index is -0.886. The normalized spacial score (nSPS) is 13.1. The van der Waals surface area contributed by atoms with Gasteiger partial charge in [0.25, 0.3) is 0 Å². The fourth-order valence-corrected chi connectivity index (χ4v) is 5.83. The van der Waals surface area contributed by atoms with E-state index in [-0.39, 0.29) is 32.3 Å². The Morgan fingerprint density at radius 3 is 1.51 bits per heavy atom. The average Bonchev–Trinajstić information content (AvgIpc) is 3.59. The molecule has 0 saturated heterocycles. The van der Waals surface area contributed by atoms with Crippen LogP contribution < -0.4 is 51.8 Å². The molecule has 0 saturated carbocycles. The van der Waals surface area contributed by atoms with E-state index in [1.54, 1.807) is 0 Å². The molecule has 0 amide bonds. The van der Waals surface area contributed by atoms with Crippen LogP contribution in [-0.2, 0) is 41.9 Å². The molecular weight excluding hydrogens is 594 g/mol. The van der Waals surface area contributed by atoms with Gasteiger partial charge in [-0.1, -0.05) is 69.8 Å². The van der Waals surface area contributed by atoms with Gasteiger partial charge in [-0.15, -0.1) is 44.2 Å². The first-order valence-corrected chi connectivity index (χ1v) is 14.1. The molecule has 43 heavy (non-hydrogen) atoms. The van der Waals surface area contributed by atoms with Crippen LogP contribution >= 0.6 is 0 Å². The zero-order valence-corrected chi connectivity index (χ0v) is 28.5. The van der Waals surface area contributed by atoms with Gasteiger partial charge in [0, 0.05) is 32.3 Å². The Balaban J connectivity index is 0.00000423. The summed E-state index contributed by atoms with van der Waals surface area (Å²) >= 11 is 0. The van der Waals surface area contributed by atoms with Crippen molar-refractivity contribution in [1.82, 2.24) is 19.9 Å². The molecule has 2 N–H and O–H groups in total. The fourth-order valence-electron chi connectivity index (χ4n) is 5.83. The largest absolute Gasteiger partial charge is 0.657 e. The first kappa shape index (κ1) is 31.8. The van der Waals surface area contributed by atoms with Gasteiger partial charge in [0.15, 0.2) is 0 Å². The van der Waals surface area contributed by atoms with Crippen LogP contribution in [0.1, 0.15) is 82.8 Å². The molecule has 0 aliphatic carbocycles. The standard InChI is InChI=1S/C34H34N4O4.Zn/c1-7-21-17(3)25-13-26-19(5)23(9-11-33(39)40)31(37-26)16-32-24(10-12-34(41)42)20(6)28(38-32)15-30-22(8-2)18(4)27(36-30)14-29(21)35-25;/h7-8,13-16H,9-12H2,1-6H3,(H,39,40)(H,41,42);/q-4;/b21-7+,22-8?,26-13?,29-14?,30-15?,31-16?;. The molecule has 0 aromatic carbocycles. The van der Waals surface area contributed by atoms with Crippen LogP contribution in [0.2, 0.25) is 0 Å². The minimum Gasteiger partial charge on any atom is -0.657 e. The van der Waals surface area contributed by atoms with Gasteiger partial charge in [0.2, 0.25) is 0 Å². The monoisotopic (exact) mass is 626 g/mol. The molecule has 4 aromatic heterocycles. The van der Waals surface area contributed by atoms with Crippen LogP contribution in [-0.4, -0.2) is 22.2 Å². The van der Waals surface area contributed by atoms with E-state index in [0.717, 1.165) is 76.9 Å². The average molecular weight is 628 g/mol. The second-order valence-electron chi connectivity index (χ2n) is 10.8. The first-order valence-electron chi connectivity index (χ1n) is 14.1. The second-order valence-corrected chi connectivity index (χ2v) is 10.8. The first-order chi connectivity index (χ1) is 20.0. The van der Waals surface area contributed by atoms with Crippen LogP contribution in [0.15, 0.2) is 0 Å². The van der Waals surface area contributed by atoms with E-state index in [2.05, 4.69) is 13.0 Å². The number of rotatable bonds is 6. The molecule has 1 aliphatic rings. The minimum absolute atomic E-state index is 0. The van der Waals surface area contributed by atoms with Crippen molar-refractivity contribution in [1.29, 1.82) is 0 Å². The topological polar surface area (TPSA) is 131 Å². The number of carboxylic acids is 2. The van der Waals surface area contributed by atoms with Gasteiger partial charge in [-0.25, -0.2) is 0 Å². The molecule has 0 unspecified atom stereocenters. The van der Waals surface area contributed by atoms with Crippen molar-refractivity contribution in [2.24, 2.45) is 0 Å². The molecule has 220 valence electrons. The number of hydrogen-bond donors (Lipinski definition) is 2. The summed E-state index contributed by atoms with van der Waals surface area (Å²) in [5.41, 5.74) is 8.51. The van der Waals surface area contributed by atoms with Crippen LogP contribution in [0.3, 0.4) is 0 Å². The summed E-state index contributed by atoms with van der Waals surface area (Å²) in [6, 6.07) is 0. The number of nitrogens with zero attached hydrogens (tertiary/aromatic N) is 4. The van der Waals surface area contributed by atoms with E-state index in [4.69, 9.17) is 19.9 Å². The van der Waals surface area contributed by atoms with Crippen LogP contribution in [0.25, 0.3) is 36.5 Å². The Bertz CT molecular complexity index is 2120. The summed E-state index contributed by atoms with van der Waals surface area (Å²) in [6.07, 6.45) is 12.4. The van der Waals surface area contributed by atoms with Crippen LogP contribution in [0.5, 0.6) is 0 Å². The summed E-state index contributed by atoms with van der Waals surface area (Å²) in [5.74, 6) is -1.77. The number of carboxylic acid groups (broad SMARTS) is 2. The Labute approximate surface area is 262 Å². The maximum absolute atomic E-state index is 11.5. The van der Waals surface area contributed by atoms with Gasteiger partial charge >= 0.3 is 11.9 Å². The summed E-state index contributed by atoms with van der Waals surface area (Å²) in [5, 5.41) is 23.9. The molecule has 0 fully saturated rings. The van der Waals surface area contributed by atoms with Crippen molar-refractivity contribution < 1.29 is 39.3 Å².